The fraction of sp³-hybridized carbons (Fsp3) is 0.760. The van der Waals surface area contributed by atoms with Gasteiger partial charge in [0.1, 0.15) is 11.4 Å². The molecule has 164 valence electrons. The predicted octanol–water partition coefficient (Wildman–Crippen LogP) is 6.55. The molecule has 1 aliphatic heterocycles. The van der Waals surface area contributed by atoms with Gasteiger partial charge in [-0.1, -0.05) is 57.0 Å². The van der Waals surface area contributed by atoms with Gasteiger partial charge in [0.15, 0.2) is 0 Å². The van der Waals surface area contributed by atoms with Crippen LogP contribution >= 0.6 is 11.6 Å². The molecule has 0 radical (unpaired) electrons. The summed E-state index contributed by atoms with van der Waals surface area (Å²) in [7, 11) is 0. The maximum absolute atomic E-state index is 11.5. The van der Waals surface area contributed by atoms with Gasteiger partial charge >= 0.3 is 0 Å². The summed E-state index contributed by atoms with van der Waals surface area (Å²) >= 11 is 6.31. The number of unbranched alkanes of at least 4 members (excludes halogenated alkanes) is 4. The molecular formula is C25H40ClNO2. The number of fused-ring (bicyclic) bond motifs is 1. The third kappa shape index (κ3) is 6.35. The lowest BCUT2D eigenvalue weighted by Crippen LogP contribution is -2.51. The van der Waals surface area contributed by atoms with Gasteiger partial charge in [-0.25, -0.2) is 0 Å². The molecule has 1 heterocycles. The Morgan fingerprint density at radius 2 is 1.86 bits per heavy atom. The molecule has 1 N–H and O–H groups in total. The van der Waals surface area contributed by atoms with Crippen molar-refractivity contribution in [3.05, 3.63) is 28.8 Å². The van der Waals surface area contributed by atoms with E-state index in [1.54, 1.807) is 0 Å². The van der Waals surface area contributed by atoms with E-state index < -0.39 is 5.60 Å². The van der Waals surface area contributed by atoms with Crippen molar-refractivity contribution < 1.29 is 9.84 Å². The predicted molar refractivity (Wildman–Crippen MR) is 122 cm³/mol. The average molecular weight is 422 g/mol. The molecule has 0 aromatic heterocycles. The number of ether oxygens (including phenoxy) is 1. The summed E-state index contributed by atoms with van der Waals surface area (Å²) in [4.78, 5) is 2.54. The summed E-state index contributed by atoms with van der Waals surface area (Å²) in [6, 6.07) is 6.32. The summed E-state index contributed by atoms with van der Waals surface area (Å²) in [6.07, 6.45) is 14.0. The largest absolute Gasteiger partial charge is 0.493 e. The molecule has 2 fully saturated rings. The van der Waals surface area contributed by atoms with E-state index in [9.17, 15) is 5.11 Å². The normalized spacial score (nSPS) is 24.7. The van der Waals surface area contributed by atoms with Gasteiger partial charge in [-0.05, 0) is 69.7 Å². The molecule has 3 unspecified atom stereocenters. The fourth-order valence-electron chi connectivity index (χ4n) is 5.34. The van der Waals surface area contributed by atoms with Crippen molar-refractivity contribution >= 4 is 11.6 Å². The van der Waals surface area contributed by atoms with Gasteiger partial charge in [0.25, 0.3) is 0 Å². The second kappa shape index (κ2) is 11.0. The Bertz CT molecular complexity index is 631. The quantitative estimate of drug-likeness (QED) is 0.434. The van der Waals surface area contributed by atoms with E-state index in [1.807, 2.05) is 25.1 Å². The van der Waals surface area contributed by atoms with Crippen LogP contribution in [0.1, 0.15) is 90.0 Å². The number of nitrogens with zero attached hydrogens (tertiary/aromatic N) is 1. The molecule has 1 aromatic rings. The number of β-amino-alcohol motifs (C(OH)–C–C–N with tert-alkyl or cyclic N) is 1. The van der Waals surface area contributed by atoms with Gasteiger partial charge in [-0.15, -0.1) is 0 Å². The van der Waals surface area contributed by atoms with Gasteiger partial charge in [0.05, 0.1) is 6.61 Å². The Morgan fingerprint density at radius 3 is 2.69 bits per heavy atom. The molecule has 3 rings (SSSR count). The first-order chi connectivity index (χ1) is 14.0. The zero-order valence-electron chi connectivity index (χ0n) is 18.5. The minimum absolute atomic E-state index is 0.631. The first kappa shape index (κ1) is 22.9. The number of benzene rings is 1. The van der Waals surface area contributed by atoms with E-state index in [2.05, 4.69) is 11.8 Å². The highest BCUT2D eigenvalue weighted by Gasteiger charge is 2.38. The molecule has 1 aliphatic carbocycles. The monoisotopic (exact) mass is 421 g/mol. The van der Waals surface area contributed by atoms with Gasteiger partial charge in [0.2, 0.25) is 0 Å². The highest BCUT2D eigenvalue weighted by atomic mass is 35.5. The third-order valence-electron chi connectivity index (χ3n) is 6.90. The van der Waals surface area contributed by atoms with Gasteiger partial charge < -0.3 is 9.84 Å². The number of hydrogen-bond acceptors (Lipinski definition) is 3. The minimum Gasteiger partial charge on any atom is -0.493 e. The Hall–Kier alpha value is -0.770. The van der Waals surface area contributed by atoms with Crippen LogP contribution in [0.4, 0.5) is 0 Å². The lowest BCUT2D eigenvalue weighted by atomic mass is 9.77. The van der Waals surface area contributed by atoms with Crippen LogP contribution < -0.4 is 4.74 Å². The Balaban J connectivity index is 1.66. The smallest absolute Gasteiger partial charge is 0.125 e. The van der Waals surface area contributed by atoms with Crippen molar-refractivity contribution in [1.82, 2.24) is 4.90 Å². The Labute approximate surface area is 182 Å². The molecule has 3 atom stereocenters. The fourth-order valence-corrected chi connectivity index (χ4v) is 5.51. The summed E-state index contributed by atoms with van der Waals surface area (Å²) in [5, 5.41) is 12.2. The zero-order chi connectivity index (χ0) is 20.7. The van der Waals surface area contributed by atoms with Crippen LogP contribution in [-0.4, -0.2) is 35.7 Å². The van der Waals surface area contributed by atoms with E-state index in [-0.39, 0.29) is 0 Å². The number of rotatable bonds is 10. The van der Waals surface area contributed by atoms with Crippen molar-refractivity contribution in [3.63, 3.8) is 0 Å². The van der Waals surface area contributed by atoms with Crippen LogP contribution in [-0.2, 0) is 5.60 Å². The van der Waals surface area contributed by atoms with Crippen LogP contribution in [0.2, 0.25) is 5.02 Å². The summed E-state index contributed by atoms with van der Waals surface area (Å²) < 4.78 is 6.12. The zero-order valence-corrected chi connectivity index (χ0v) is 19.2. The summed E-state index contributed by atoms with van der Waals surface area (Å²) in [6.45, 7) is 6.60. The van der Waals surface area contributed by atoms with Crippen molar-refractivity contribution in [2.75, 3.05) is 19.7 Å². The molecule has 4 heteroatoms. The molecule has 3 nitrogen and oxygen atoms in total. The molecule has 2 aliphatic rings. The van der Waals surface area contributed by atoms with Gasteiger partial charge in [-0.2, -0.15) is 0 Å². The highest BCUT2D eigenvalue weighted by Crippen LogP contribution is 2.39. The maximum Gasteiger partial charge on any atom is 0.125 e. The molecule has 0 bridgehead atoms. The molecule has 1 saturated carbocycles. The standard InChI is InChI=1S/C25H40ClNO2/c1-3-4-5-6-9-17-29-24-15-14-21(26)18-22(24)25(2,28)19-27-16-10-12-20-11-7-8-13-23(20)27/h14-15,18,20,23,28H,3-13,16-17,19H2,1-2H3. The van der Waals surface area contributed by atoms with Gasteiger partial charge in [0, 0.05) is 23.2 Å². The number of hydrogen-bond donors (Lipinski definition) is 1. The highest BCUT2D eigenvalue weighted by molar-refractivity contribution is 6.30. The molecule has 0 spiro atoms. The minimum atomic E-state index is -0.970. The van der Waals surface area contributed by atoms with Gasteiger partial charge in [-0.3, -0.25) is 4.90 Å². The van der Waals surface area contributed by atoms with Crippen molar-refractivity contribution in [3.8, 4) is 5.75 Å². The van der Waals surface area contributed by atoms with Crippen molar-refractivity contribution in [1.29, 1.82) is 0 Å². The average Bonchev–Trinajstić information content (AvgIpc) is 2.71. The maximum atomic E-state index is 11.5. The van der Waals surface area contributed by atoms with Crippen molar-refractivity contribution in [2.24, 2.45) is 5.92 Å². The SMILES string of the molecule is CCCCCCCOc1ccc(Cl)cc1C(C)(O)CN1CCCC2CCCCC21. The first-order valence-corrected chi connectivity index (χ1v) is 12.3. The van der Waals surface area contributed by atoms with E-state index >= 15 is 0 Å². The Kier molecular flexibility index (Phi) is 8.70. The van der Waals surface area contributed by atoms with Crippen LogP contribution in [0.3, 0.4) is 0 Å². The second-order valence-electron chi connectivity index (χ2n) is 9.40. The third-order valence-corrected chi connectivity index (χ3v) is 7.13. The van der Waals surface area contributed by atoms with E-state index in [4.69, 9.17) is 16.3 Å². The number of piperidine rings is 1. The summed E-state index contributed by atoms with van der Waals surface area (Å²) in [5.74, 6) is 1.60. The number of likely N-dealkylation sites (tertiary alicyclic amines) is 1. The van der Waals surface area contributed by atoms with E-state index in [0.717, 1.165) is 30.2 Å². The molecule has 0 amide bonds. The van der Waals surface area contributed by atoms with Crippen LogP contribution in [0, 0.1) is 5.92 Å². The van der Waals surface area contributed by atoms with Crippen molar-refractivity contribution in [2.45, 2.75) is 96.1 Å². The molecule has 29 heavy (non-hydrogen) atoms. The van der Waals surface area contributed by atoms with Crippen LogP contribution in [0.25, 0.3) is 0 Å². The Morgan fingerprint density at radius 1 is 1.10 bits per heavy atom. The first-order valence-electron chi connectivity index (χ1n) is 11.9. The van der Waals surface area contributed by atoms with Crippen LogP contribution in [0.5, 0.6) is 5.75 Å². The summed E-state index contributed by atoms with van der Waals surface area (Å²) in [5.41, 5.74) is -0.140. The molecule has 1 aromatic carbocycles. The molecule has 1 saturated heterocycles. The number of halogens is 1. The number of aliphatic hydroxyl groups is 1. The van der Waals surface area contributed by atoms with Crippen LogP contribution in [0.15, 0.2) is 18.2 Å². The topological polar surface area (TPSA) is 32.7 Å². The van der Waals surface area contributed by atoms with E-state index in [1.165, 1.54) is 64.2 Å². The molecular weight excluding hydrogens is 382 g/mol. The second-order valence-corrected chi connectivity index (χ2v) is 9.84. The lowest BCUT2D eigenvalue weighted by Gasteiger charge is -2.46. The lowest BCUT2D eigenvalue weighted by molar-refractivity contribution is -0.0313. The van der Waals surface area contributed by atoms with E-state index in [0.29, 0.717) is 24.2 Å².